The number of aliphatic hydroxyl groups is 1. The monoisotopic (exact) mass is 543 g/mol. The Bertz CT molecular complexity index is 1130. The minimum absolute atomic E-state index is 0.0170. The quantitative estimate of drug-likeness (QED) is 0.314. The van der Waals surface area contributed by atoms with Crippen molar-refractivity contribution in [2.75, 3.05) is 27.6 Å². The molecule has 1 saturated carbocycles. The number of rotatable bonds is 11. The predicted octanol–water partition coefficient (Wildman–Crippen LogP) is 4.06. The Kier molecular flexibility index (Phi) is 8.91. The highest BCUT2D eigenvalue weighted by atomic mass is 16.7. The Balaban J connectivity index is 1.74. The molecule has 0 bridgehead atoms. The van der Waals surface area contributed by atoms with Crippen molar-refractivity contribution in [2.45, 2.75) is 82.8 Å². The molecule has 3 N–H and O–H groups in total. The van der Waals surface area contributed by atoms with Crippen molar-refractivity contribution in [3.05, 3.63) is 46.7 Å². The normalized spacial score (nSPS) is 22.3. The van der Waals surface area contributed by atoms with Gasteiger partial charge < -0.3 is 34.5 Å². The molecule has 1 fully saturated rings. The van der Waals surface area contributed by atoms with E-state index in [4.69, 9.17) is 29.4 Å². The van der Waals surface area contributed by atoms with E-state index in [0.717, 1.165) is 42.4 Å². The Morgan fingerprint density at radius 2 is 1.87 bits per heavy atom. The molecule has 0 aromatic heterocycles. The zero-order chi connectivity index (χ0) is 28.2. The molecule has 1 aromatic rings. The van der Waals surface area contributed by atoms with Gasteiger partial charge in [0.25, 0.3) is 0 Å². The summed E-state index contributed by atoms with van der Waals surface area (Å²) >= 11 is 0. The number of carbonyl (C=O) groups is 2. The van der Waals surface area contributed by atoms with Crippen LogP contribution in [0.3, 0.4) is 0 Å². The number of hydrogen-bond donors (Lipinski definition) is 2. The third-order valence-corrected chi connectivity index (χ3v) is 8.17. The molecule has 3 unspecified atom stereocenters. The summed E-state index contributed by atoms with van der Waals surface area (Å²) in [5, 5.41) is 11.5. The van der Waals surface area contributed by atoms with E-state index in [1.807, 2.05) is 32.1 Å². The number of hydrogen-bond acceptors (Lipinski definition) is 9. The summed E-state index contributed by atoms with van der Waals surface area (Å²) in [4.78, 5) is 26.0. The van der Waals surface area contributed by atoms with Crippen LogP contribution in [0.2, 0.25) is 0 Å². The van der Waals surface area contributed by atoms with E-state index < -0.39 is 30.1 Å². The van der Waals surface area contributed by atoms with Crippen molar-refractivity contribution in [1.82, 2.24) is 0 Å². The number of carbonyl (C=O) groups excluding carboxylic acids is 2. The highest BCUT2D eigenvalue weighted by Gasteiger charge is 2.55. The summed E-state index contributed by atoms with van der Waals surface area (Å²) in [5.41, 5.74) is 6.66. The number of fused-ring (bicyclic) bond motifs is 1. The molecule has 1 heterocycles. The molecular formula is C30H41NO8. The topological polar surface area (TPSA) is 127 Å². The fraction of sp³-hybridized carbons (Fsp3) is 0.600. The third-order valence-electron chi connectivity index (χ3n) is 8.17. The van der Waals surface area contributed by atoms with Crippen LogP contribution in [0.4, 0.5) is 0 Å². The summed E-state index contributed by atoms with van der Waals surface area (Å²) < 4.78 is 28.1. The van der Waals surface area contributed by atoms with E-state index in [1.165, 1.54) is 7.11 Å². The fourth-order valence-corrected chi connectivity index (χ4v) is 6.24. The van der Waals surface area contributed by atoms with Gasteiger partial charge in [-0.2, -0.15) is 0 Å². The number of methoxy groups -OCH3 is 2. The molecule has 1 aliphatic heterocycles. The molecular weight excluding hydrogens is 502 g/mol. The summed E-state index contributed by atoms with van der Waals surface area (Å²) in [7, 11) is 2.79. The van der Waals surface area contributed by atoms with Gasteiger partial charge in [-0.15, -0.1) is 0 Å². The molecule has 9 nitrogen and oxygen atoms in total. The predicted molar refractivity (Wildman–Crippen MR) is 144 cm³/mol. The van der Waals surface area contributed by atoms with Gasteiger partial charge >= 0.3 is 11.9 Å². The summed E-state index contributed by atoms with van der Waals surface area (Å²) in [6, 6.07) is 3.94. The second-order valence-corrected chi connectivity index (χ2v) is 11.0. The van der Waals surface area contributed by atoms with Crippen LogP contribution in [0.15, 0.2) is 35.6 Å². The Hall–Kier alpha value is -3.04. The van der Waals surface area contributed by atoms with Crippen molar-refractivity contribution in [2.24, 2.45) is 11.1 Å². The van der Waals surface area contributed by atoms with Crippen LogP contribution >= 0.6 is 0 Å². The van der Waals surface area contributed by atoms with Crippen LogP contribution in [0.25, 0.3) is 0 Å². The second-order valence-electron chi connectivity index (χ2n) is 11.0. The van der Waals surface area contributed by atoms with E-state index in [1.54, 1.807) is 7.11 Å². The van der Waals surface area contributed by atoms with Crippen molar-refractivity contribution in [3.8, 4) is 11.5 Å². The molecule has 3 aliphatic rings. The first-order valence-corrected chi connectivity index (χ1v) is 13.7. The number of esters is 2. The molecule has 0 saturated heterocycles. The maximum absolute atomic E-state index is 13.7. The molecule has 2 aliphatic carbocycles. The lowest BCUT2D eigenvalue weighted by Crippen LogP contribution is -2.45. The van der Waals surface area contributed by atoms with Gasteiger partial charge in [-0.1, -0.05) is 24.5 Å². The average molecular weight is 544 g/mol. The number of nitrogens with two attached hydrogens (primary N) is 1. The zero-order valence-corrected chi connectivity index (χ0v) is 23.4. The Labute approximate surface area is 230 Å². The van der Waals surface area contributed by atoms with E-state index >= 15 is 0 Å². The van der Waals surface area contributed by atoms with Gasteiger partial charge in [0.2, 0.25) is 6.79 Å². The first kappa shape index (κ1) is 29.0. The number of ether oxygens (including phenoxy) is 5. The zero-order valence-electron chi connectivity index (χ0n) is 23.4. The minimum Gasteiger partial charge on any atom is -0.497 e. The summed E-state index contributed by atoms with van der Waals surface area (Å²) in [5.74, 6) is 0.000603. The van der Waals surface area contributed by atoms with Crippen LogP contribution in [0.5, 0.6) is 11.5 Å². The van der Waals surface area contributed by atoms with Crippen LogP contribution in [0, 0.1) is 5.41 Å². The Morgan fingerprint density at radius 1 is 1.18 bits per heavy atom. The van der Waals surface area contributed by atoms with Crippen LogP contribution in [0.1, 0.15) is 75.8 Å². The van der Waals surface area contributed by atoms with E-state index in [-0.39, 0.29) is 24.5 Å². The van der Waals surface area contributed by atoms with Crippen molar-refractivity contribution >= 4 is 11.9 Å². The lowest BCUT2D eigenvalue weighted by atomic mass is 9.71. The number of allylic oxidation sites excluding steroid dienone is 3. The maximum Gasteiger partial charge on any atom is 0.339 e. The SMILES string of the molecule is COC(=O)CC(O)(CCC=C(C)C)C(=O)OC1C(OC)=CC2(CCCC2)C1c1cc2c(cc1CCN)OCO2. The van der Waals surface area contributed by atoms with Gasteiger partial charge in [-0.05, 0) is 81.8 Å². The largest absolute Gasteiger partial charge is 0.497 e. The van der Waals surface area contributed by atoms with Crippen LogP contribution in [-0.4, -0.2) is 56.3 Å². The van der Waals surface area contributed by atoms with Gasteiger partial charge in [-0.3, -0.25) is 4.79 Å². The molecule has 0 radical (unpaired) electrons. The van der Waals surface area contributed by atoms with Crippen molar-refractivity contribution in [3.63, 3.8) is 0 Å². The van der Waals surface area contributed by atoms with E-state index in [2.05, 4.69) is 6.08 Å². The minimum atomic E-state index is -2.05. The lowest BCUT2D eigenvalue weighted by Gasteiger charge is -2.36. The second kappa shape index (κ2) is 12.0. The van der Waals surface area contributed by atoms with Gasteiger partial charge in [0.1, 0.15) is 5.76 Å². The molecule has 0 amide bonds. The summed E-state index contributed by atoms with van der Waals surface area (Å²) in [6.45, 7) is 4.44. The standard InChI is InChI=1S/C30H41NO8/c1-19(2)8-7-12-30(34,17-25(32)36-4)28(33)39-27-24(35-3)16-29(10-5-6-11-29)26(27)21-15-23-22(37-18-38-23)14-20(21)9-13-31/h8,14-16,26-27,34H,5-7,9-13,17-18,31H2,1-4H3. The third kappa shape index (κ3) is 5.94. The fourth-order valence-electron chi connectivity index (χ4n) is 6.24. The average Bonchev–Trinajstić information content (AvgIpc) is 3.63. The van der Waals surface area contributed by atoms with Crippen LogP contribution < -0.4 is 15.2 Å². The first-order valence-electron chi connectivity index (χ1n) is 13.7. The molecule has 3 atom stereocenters. The smallest absolute Gasteiger partial charge is 0.339 e. The lowest BCUT2D eigenvalue weighted by molar-refractivity contribution is -0.178. The van der Waals surface area contributed by atoms with Gasteiger partial charge in [-0.25, -0.2) is 4.79 Å². The van der Waals surface area contributed by atoms with Gasteiger partial charge in [0.05, 0.1) is 20.6 Å². The van der Waals surface area contributed by atoms with Crippen molar-refractivity contribution in [1.29, 1.82) is 0 Å². The Morgan fingerprint density at radius 3 is 2.49 bits per heavy atom. The molecule has 1 spiro atoms. The first-order chi connectivity index (χ1) is 18.7. The molecule has 214 valence electrons. The molecule has 1 aromatic carbocycles. The molecule has 4 rings (SSSR count). The maximum atomic E-state index is 13.7. The summed E-state index contributed by atoms with van der Waals surface area (Å²) in [6.07, 6.45) is 7.62. The molecule has 9 heteroatoms. The highest BCUT2D eigenvalue weighted by Crippen LogP contribution is 2.59. The van der Waals surface area contributed by atoms with Crippen molar-refractivity contribution < 1.29 is 38.4 Å². The van der Waals surface area contributed by atoms with Crippen LogP contribution in [-0.2, 0) is 30.2 Å². The van der Waals surface area contributed by atoms with E-state index in [0.29, 0.717) is 36.6 Å². The molecule has 39 heavy (non-hydrogen) atoms. The van der Waals surface area contributed by atoms with Gasteiger partial charge in [0, 0.05) is 11.3 Å². The van der Waals surface area contributed by atoms with E-state index in [9.17, 15) is 14.7 Å². The number of benzene rings is 1. The highest BCUT2D eigenvalue weighted by molar-refractivity contribution is 5.86. The van der Waals surface area contributed by atoms with Gasteiger partial charge in [0.15, 0.2) is 23.2 Å².